The highest BCUT2D eigenvalue weighted by atomic mass is 19.1. The predicted molar refractivity (Wildman–Crippen MR) is 119 cm³/mol. The van der Waals surface area contributed by atoms with Crippen molar-refractivity contribution in [3.05, 3.63) is 47.2 Å². The Labute approximate surface area is 196 Å². The van der Waals surface area contributed by atoms with Gasteiger partial charge in [-0.1, -0.05) is 24.2 Å². The van der Waals surface area contributed by atoms with Gasteiger partial charge >= 0.3 is 6.01 Å². The molecule has 3 heterocycles. The zero-order valence-electron chi connectivity index (χ0n) is 19.1. The third-order valence-electron chi connectivity index (χ3n) is 6.34. The van der Waals surface area contributed by atoms with Gasteiger partial charge in [0.1, 0.15) is 5.82 Å². The quantitative estimate of drug-likeness (QED) is 0.535. The molecular formula is C24H25FN6O3. The number of hydrogen-bond acceptors (Lipinski definition) is 8. The number of halogens is 1. The molecule has 9 nitrogen and oxygen atoms in total. The summed E-state index contributed by atoms with van der Waals surface area (Å²) < 4.78 is 25.1. The second-order valence-electron chi connectivity index (χ2n) is 9.13. The number of nitriles is 1. The lowest BCUT2D eigenvalue weighted by Crippen LogP contribution is -2.48. The summed E-state index contributed by atoms with van der Waals surface area (Å²) in [5.74, 6) is 0.246. The number of anilines is 1. The monoisotopic (exact) mass is 464 g/mol. The Kier molecular flexibility index (Phi) is 5.77. The highest BCUT2D eigenvalue weighted by molar-refractivity contribution is 5.93. The Balaban J connectivity index is 1.29. The maximum atomic E-state index is 14.4. The number of carbonyl (C=O) groups is 1. The van der Waals surface area contributed by atoms with Crippen molar-refractivity contribution in [3.8, 4) is 17.4 Å². The van der Waals surface area contributed by atoms with Crippen LogP contribution < -0.4 is 4.90 Å². The normalized spacial score (nSPS) is 16.6. The van der Waals surface area contributed by atoms with Crippen LogP contribution in [0.4, 0.5) is 10.4 Å². The Morgan fingerprint density at radius 1 is 1.15 bits per heavy atom. The minimum Gasteiger partial charge on any atom is -0.355 e. The molecule has 0 radical (unpaired) electrons. The van der Waals surface area contributed by atoms with Crippen molar-refractivity contribution in [2.24, 2.45) is 0 Å². The SMILES string of the molecule is CC(C)c1noc(N2CCC(N(C(=O)c3cc(-c4ccc(C#N)cc4F)on3)C3CC3)CC2)n1. The standard InChI is InChI=1S/C24H25FN6O3/c1-14(2)22-27-24(34-29-22)30-9-7-17(8-10-30)31(16-4-5-16)23(32)20-12-21(33-28-20)18-6-3-15(13-26)11-19(18)25/h3,6,11-12,14,16-17H,4-5,7-10H2,1-2H3. The number of hydrogen-bond donors (Lipinski definition) is 0. The van der Waals surface area contributed by atoms with Crippen molar-refractivity contribution >= 4 is 11.9 Å². The number of benzene rings is 1. The van der Waals surface area contributed by atoms with Gasteiger partial charge in [-0.05, 0) is 43.9 Å². The summed E-state index contributed by atoms with van der Waals surface area (Å²) in [7, 11) is 0. The summed E-state index contributed by atoms with van der Waals surface area (Å²) >= 11 is 0. The van der Waals surface area contributed by atoms with Crippen molar-refractivity contribution in [1.29, 1.82) is 5.26 Å². The van der Waals surface area contributed by atoms with Gasteiger partial charge in [0.2, 0.25) is 0 Å². The van der Waals surface area contributed by atoms with E-state index in [1.165, 1.54) is 18.2 Å². The molecular weight excluding hydrogens is 439 g/mol. The fourth-order valence-electron chi connectivity index (χ4n) is 4.33. The van der Waals surface area contributed by atoms with Crippen LogP contribution in [0.5, 0.6) is 0 Å². The molecule has 2 aliphatic rings. The molecule has 5 rings (SSSR count). The number of piperidine rings is 1. The Morgan fingerprint density at radius 2 is 1.88 bits per heavy atom. The lowest BCUT2D eigenvalue weighted by molar-refractivity contribution is 0.0619. The van der Waals surface area contributed by atoms with Crippen molar-refractivity contribution in [2.75, 3.05) is 18.0 Å². The van der Waals surface area contributed by atoms with E-state index in [2.05, 4.69) is 20.2 Å². The molecule has 2 fully saturated rings. The molecule has 1 saturated heterocycles. The molecule has 3 aromatic rings. The number of nitrogens with zero attached hydrogens (tertiary/aromatic N) is 6. The highest BCUT2D eigenvalue weighted by Crippen LogP contribution is 2.34. The Bertz CT molecular complexity index is 1230. The summed E-state index contributed by atoms with van der Waals surface area (Å²) in [4.78, 5) is 21.9. The van der Waals surface area contributed by atoms with Crippen LogP contribution in [0.1, 0.15) is 67.3 Å². The van der Waals surface area contributed by atoms with Gasteiger partial charge in [0.05, 0.1) is 17.2 Å². The van der Waals surface area contributed by atoms with Gasteiger partial charge in [0.25, 0.3) is 5.91 Å². The van der Waals surface area contributed by atoms with Gasteiger partial charge in [-0.3, -0.25) is 4.79 Å². The van der Waals surface area contributed by atoms with Crippen LogP contribution in [0.3, 0.4) is 0 Å². The van der Waals surface area contributed by atoms with Gasteiger partial charge in [0, 0.05) is 37.2 Å². The van der Waals surface area contributed by atoms with Crippen molar-refractivity contribution in [3.63, 3.8) is 0 Å². The number of aromatic nitrogens is 3. The third kappa shape index (κ3) is 4.25. The molecule has 0 N–H and O–H groups in total. The van der Waals surface area contributed by atoms with Crippen LogP contribution in [0.2, 0.25) is 0 Å². The molecule has 176 valence electrons. The molecule has 0 unspecified atom stereocenters. The van der Waals surface area contributed by atoms with Crippen molar-refractivity contribution in [2.45, 2.75) is 57.5 Å². The summed E-state index contributed by atoms with van der Waals surface area (Å²) in [6.45, 7) is 5.46. The number of carbonyl (C=O) groups excluding carboxylic acids is 1. The summed E-state index contributed by atoms with van der Waals surface area (Å²) in [6.07, 6.45) is 3.47. The summed E-state index contributed by atoms with van der Waals surface area (Å²) in [6, 6.07) is 8.24. The Morgan fingerprint density at radius 3 is 2.50 bits per heavy atom. The lowest BCUT2D eigenvalue weighted by Gasteiger charge is -2.37. The van der Waals surface area contributed by atoms with Crippen LogP contribution in [0, 0.1) is 17.1 Å². The van der Waals surface area contributed by atoms with Crippen LogP contribution >= 0.6 is 0 Å². The summed E-state index contributed by atoms with van der Waals surface area (Å²) in [5, 5.41) is 16.9. The van der Waals surface area contributed by atoms with E-state index in [1.54, 1.807) is 0 Å². The summed E-state index contributed by atoms with van der Waals surface area (Å²) in [5.41, 5.74) is 0.535. The first-order valence-electron chi connectivity index (χ1n) is 11.5. The molecule has 1 saturated carbocycles. The predicted octanol–water partition coefficient (Wildman–Crippen LogP) is 4.13. The van der Waals surface area contributed by atoms with E-state index >= 15 is 0 Å². The maximum Gasteiger partial charge on any atom is 0.324 e. The molecule has 1 aliphatic carbocycles. The highest BCUT2D eigenvalue weighted by Gasteiger charge is 2.40. The first kappa shape index (κ1) is 22.1. The van der Waals surface area contributed by atoms with Gasteiger partial charge < -0.3 is 18.8 Å². The van der Waals surface area contributed by atoms with Crippen LogP contribution in [0.25, 0.3) is 11.3 Å². The number of amides is 1. The molecule has 1 amide bonds. The number of rotatable bonds is 6. The molecule has 10 heteroatoms. The van der Waals surface area contributed by atoms with Crippen molar-refractivity contribution < 1.29 is 18.2 Å². The average molecular weight is 465 g/mol. The smallest absolute Gasteiger partial charge is 0.324 e. The molecule has 34 heavy (non-hydrogen) atoms. The molecule has 1 aliphatic heterocycles. The van der Waals surface area contributed by atoms with Crippen molar-refractivity contribution in [1.82, 2.24) is 20.2 Å². The van der Waals surface area contributed by atoms with E-state index in [1.807, 2.05) is 24.8 Å². The van der Waals surface area contributed by atoms with E-state index in [0.717, 1.165) is 31.7 Å². The topological polar surface area (TPSA) is 112 Å². The molecule has 2 aromatic heterocycles. The van der Waals surface area contributed by atoms with Crippen LogP contribution in [-0.2, 0) is 0 Å². The van der Waals surface area contributed by atoms with E-state index in [9.17, 15) is 9.18 Å². The second-order valence-corrected chi connectivity index (χ2v) is 9.13. The molecule has 0 bridgehead atoms. The molecule has 0 atom stereocenters. The minimum atomic E-state index is -0.595. The molecule has 0 spiro atoms. The van der Waals surface area contributed by atoms with E-state index < -0.39 is 5.82 Å². The fraction of sp³-hybridized carbons (Fsp3) is 0.458. The van der Waals surface area contributed by atoms with Gasteiger partial charge in [0.15, 0.2) is 17.3 Å². The van der Waals surface area contributed by atoms with Gasteiger partial charge in [-0.2, -0.15) is 10.2 Å². The fourth-order valence-corrected chi connectivity index (χ4v) is 4.33. The lowest BCUT2D eigenvalue weighted by atomic mass is 10.0. The Hall–Kier alpha value is -3.74. The maximum absolute atomic E-state index is 14.4. The second kappa shape index (κ2) is 8.89. The first-order valence-corrected chi connectivity index (χ1v) is 11.5. The first-order chi connectivity index (χ1) is 16.4. The largest absolute Gasteiger partial charge is 0.355 e. The minimum absolute atomic E-state index is 0.0653. The van der Waals surface area contributed by atoms with E-state index in [-0.39, 0.29) is 46.5 Å². The zero-order chi connectivity index (χ0) is 23.8. The van der Waals surface area contributed by atoms with E-state index in [4.69, 9.17) is 14.3 Å². The van der Waals surface area contributed by atoms with Gasteiger partial charge in [-0.25, -0.2) is 4.39 Å². The zero-order valence-corrected chi connectivity index (χ0v) is 19.1. The van der Waals surface area contributed by atoms with E-state index in [0.29, 0.717) is 24.9 Å². The van der Waals surface area contributed by atoms with Crippen LogP contribution in [0.15, 0.2) is 33.3 Å². The van der Waals surface area contributed by atoms with Crippen LogP contribution in [-0.4, -0.2) is 51.3 Å². The third-order valence-corrected chi connectivity index (χ3v) is 6.34. The molecule has 1 aromatic carbocycles. The van der Waals surface area contributed by atoms with Gasteiger partial charge in [-0.15, -0.1) is 0 Å². The average Bonchev–Trinajstić information content (AvgIpc) is 3.34.